The second-order valence-electron chi connectivity index (χ2n) is 4.05. The molecule has 0 bridgehead atoms. The number of hydrogen-bond donors (Lipinski definition) is 2. The molecule has 0 aliphatic rings. The van der Waals surface area contributed by atoms with Gasteiger partial charge in [-0.2, -0.15) is 0 Å². The summed E-state index contributed by atoms with van der Waals surface area (Å²) in [4.78, 5) is 11.6. The first-order valence-corrected chi connectivity index (χ1v) is 8.15. The summed E-state index contributed by atoms with van der Waals surface area (Å²) >= 11 is 0. The summed E-state index contributed by atoms with van der Waals surface area (Å²) in [5.41, 5.74) is 0.646. The zero-order valence-electron chi connectivity index (χ0n) is 12.0. The number of nitrogens with one attached hydrogen (secondary N) is 2. The molecule has 0 fully saturated rings. The van der Waals surface area contributed by atoms with Gasteiger partial charge < -0.3 is 14.3 Å². The maximum absolute atomic E-state index is 12.6. The molecule has 7 heteroatoms. The van der Waals surface area contributed by atoms with Crippen LogP contribution in [0.5, 0.6) is 0 Å². The highest BCUT2D eigenvalue weighted by Gasteiger charge is 2.28. The van der Waals surface area contributed by atoms with Gasteiger partial charge in [0.2, 0.25) is 0 Å². The van der Waals surface area contributed by atoms with E-state index in [1.165, 1.54) is 0 Å². The first-order valence-electron chi connectivity index (χ1n) is 6.53. The van der Waals surface area contributed by atoms with Gasteiger partial charge in [0.15, 0.2) is 0 Å². The van der Waals surface area contributed by atoms with Crippen LogP contribution in [-0.2, 0) is 18.6 Å². The Morgan fingerprint density at radius 1 is 1.25 bits per heavy atom. The van der Waals surface area contributed by atoms with Crippen molar-refractivity contribution in [3.63, 3.8) is 0 Å². The molecular weight excluding hydrogens is 279 g/mol. The Bertz CT molecular complexity index is 467. The number of esters is 1. The van der Waals surface area contributed by atoms with Gasteiger partial charge in [-0.05, 0) is 32.9 Å². The van der Waals surface area contributed by atoms with E-state index in [0.29, 0.717) is 5.69 Å². The average molecular weight is 300 g/mol. The lowest BCUT2D eigenvalue weighted by atomic mass is 10.3. The minimum atomic E-state index is -3.38. The van der Waals surface area contributed by atoms with E-state index in [1.807, 2.05) is 18.2 Å². The van der Waals surface area contributed by atoms with Crippen LogP contribution in [-0.4, -0.2) is 25.2 Å². The van der Waals surface area contributed by atoms with Crippen LogP contribution in [0.25, 0.3) is 0 Å². The quantitative estimate of drug-likeness (QED) is 0.568. The van der Waals surface area contributed by atoms with Crippen LogP contribution in [0, 0.1) is 0 Å². The first-order chi connectivity index (χ1) is 9.50. The molecule has 112 valence electrons. The molecule has 0 aliphatic carbocycles. The molecule has 2 atom stereocenters. The van der Waals surface area contributed by atoms with E-state index in [2.05, 4.69) is 10.2 Å². The van der Waals surface area contributed by atoms with Crippen molar-refractivity contribution in [3.8, 4) is 0 Å². The molecule has 0 amide bonds. The summed E-state index contributed by atoms with van der Waals surface area (Å²) in [5.74, 6) is -0.470. The van der Waals surface area contributed by atoms with Gasteiger partial charge in [0, 0.05) is 5.69 Å². The van der Waals surface area contributed by atoms with E-state index in [4.69, 9.17) is 9.26 Å². The van der Waals surface area contributed by atoms with Crippen molar-refractivity contribution in [2.45, 2.75) is 26.8 Å². The Labute approximate surface area is 119 Å². The van der Waals surface area contributed by atoms with Crippen molar-refractivity contribution in [2.24, 2.45) is 0 Å². The normalized spacial score (nSPS) is 15.2. The van der Waals surface area contributed by atoms with Gasteiger partial charge in [-0.25, -0.2) is 9.65 Å². The fourth-order valence-corrected chi connectivity index (χ4v) is 3.21. The molecule has 6 nitrogen and oxygen atoms in total. The fraction of sp³-hybridized carbons (Fsp3) is 0.462. The Morgan fingerprint density at radius 3 is 2.45 bits per heavy atom. The zero-order chi connectivity index (χ0) is 15.0. The minimum absolute atomic E-state index is 0.250. The van der Waals surface area contributed by atoms with Crippen molar-refractivity contribution < 1.29 is 18.6 Å². The fourth-order valence-electron chi connectivity index (χ4n) is 1.54. The summed E-state index contributed by atoms with van der Waals surface area (Å²) in [5, 5.41) is 5.47. The third-order valence-corrected chi connectivity index (χ3v) is 4.27. The van der Waals surface area contributed by atoms with Gasteiger partial charge in [0.25, 0.3) is 0 Å². The van der Waals surface area contributed by atoms with Gasteiger partial charge in [-0.3, -0.25) is 4.79 Å². The molecular formula is C13H21N2O4P. The highest BCUT2D eigenvalue weighted by Crippen LogP contribution is 2.42. The first kappa shape index (κ1) is 16.7. The summed E-state index contributed by atoms with van der Waals surface area (Å²) in [6, 6.07) is 8.28. The number of hydrogen-bond acceptors (Lipinski definition) is 4. The summed E-state index contributed by atoms with van der Waals surface area (Å²) in [6.45, 7) is 5.55. The van der Waals surface area contributed by atoms with Gasteiger partial charge in [-0.1, -0.05) is 18.2 Å². The largest absolute Gasteiger partial charge is 0.465 e. The molecule has 1 aromatic carbocycles. The van der Waals surface area contributed by atoms with E-state index in [0.717, 1.165) is 0 Å². The molecule has 1 aromatic rings. The maximum atomic E-state index is 12.6. The second-order valence-corrected chi connectivity index (χ2v) is 5.89. The van der Waals surface area contributed by atoms with Crippen molar-refractivity contribution in [1.29, 1.82) is 0 Å². The van der Waals surface area contributed by atoms with Crippen molar-refractivity contribution in [1.82, 2.24) is 5.09 Å². The van der Waals surface area contributed by atoms with Gasteiger partial charge >= 0.3 is 13.6 Å². The van der Waals surface area contributed by atoms with Crippen molar-refractivity contribution in [3.05, 3.63) is 30.3 Å². The van der Waals surface area contributed by atoms with Crippen LogP contribution in [0.4, 0.5) is 5.69 Å². The number of carbonyl (C=O) groups excluding carboxylic acids is 1. The molecule has 0 saturated heterocycles. The van der Waals surface area contributed by atoms with Crippen LogP contribution < -0.4 is 10.2 Å². The van der Waals surface area contributed by atoms with Crippen LogP contribution >= 0.6 is 7.67 Å². The number of benzene rings is 1. The average Bonchev–Trinajstić information content (AvgIpc) is 2.40. The highest BCUT2D eigenvalue weighted by atomic mass is 31.2. The number of anilines is 1. The Morgan fingerprint density at radius 2 is 1.90 bits per heavy atom. The number of carbonyl (C=O) groups is 1. The number of ether oxygens (including phenoxy) is 1. The maximum Gasteiger partial charge on any atom is 0.366 e. The molecule has 0 spiro atoms. The molecule has 20 heavy (non-hydrogen) atoms. The molecule has 0 radical (unpaired) electrons. The monoisotopic (exact) mass is 300 g/mol. The Hall–Kier alpha value is -1.36. The van der Waals surface area contributed by atoms with E-state index >= 15 is 0 Å². The minimum Gasteiger partial charge on any atom is -0.465 e. The zero-order valence-corrected chi connectivity index (χ0v) is 12.9. The van der Waals surface area contributed by atoms with E-state index < -0.39 is 19.7 Å². The molecule has 0 saturated carbocycles. The molecule has 0 aromatic heterocycles. The van der Waals surface area contributed by atoms with Crippen LogP contribution in [0.3, 0.4) is 0 Å². The van der Waals surface area contributed by atoms with E-state index in [-0.39, 0.29) is 13.2 Å². The highest BCUT2D eigenvalue weighted by molar-refractivity contribution is 7.58. The lowest BCUT2D eigenvalue weighted by molar-refractivity contribution is -0.144. The molecule has 0 heterocycles. The van der Waals surface area contributed by atoms with Crippen molar-refractivity contribution >= 4 is 19.3 Å². The lowest BCUT2D eigenvalue weighted by Crippen LogP contribution is -2.35. The van der Waals surface area contributed by atoms with Gasteiger partial charge in [-0.15, -0.1) is 0 Å². The van der Waals surface area contributed by atoms with Crippen LogP contribution in [0.15, 0.2) is 30.3 Å². The standard InChI is InChI=1S/C13H21N2O4P/c1-4-18-13(16)11(3)14-20(17,19-5-2)15-12-9-7-6-8-10-12/h6-11H,4-5H2,1-3H3,(H2,14,15,17)/t11-,20?/m0/s1. The SMILES string of the molecule is CCOC(=O)[C@H](C)NP(=O)(Nc1ccccc1)OCC. The third kappa shape index (κ3) is 5.33. The van der Waals surface area contributed by atoms with E-state index in [1.54, 1.807) is 32.9 Å². The van der Waals surface area contributed by atoms with E-state index in [9.17, 15) is 9.36 Å². The van der Waals surface area contributed by atoms with Crippen molar-refractivity contribution in [2.75, 3.05) is 18.3 Å². The topological polar surface area (TPSA) is 76.7 Å². The van der Waals surface area contributed by atoms with Gasteiger partial charge in [0.05, 0.1) is 13.2 Å². The van der Waals surface area contributed by atoms with Crippen LogP contribution in [0.1, 0.15) is 20.8 Å². The number of para-hydroxylation sites is 1. The number of rotatable bonds is 8. The summed E-state index contributed by atoms with van der Waals surface area (Å²) < 4.78 is 22.8. The predicted molar refractivity (Wildman–Crippen MR) is 78.5 cm³/mol. The van der Waals surface area contributed by atoms with Crippen LogP contribution in [0.2, 0.25) is 0 Å². The third-order valence-electron chi connectivity index (χ3n) is 2.36. The van der Waals surface area contributed by atoms with Gasteiger partial charge in [0.1, 0.15) is 6.04 Å². The lowest BCUT2D eigenvalue weighted by Gasteiger charge is -2.23. The smallest absolute Gasteiger partial charge is 0.366 e. The molecule has 1 unspecified atom stereocenters. The Kier molecular flexibility index (Phi) is 6.71. The predicted octanol–water partition coefficient (Wildman–Crippen LogP) is 2.78. The Balaban J connectivity index is 2.76. The summed E-state index contributed by atoms with van der Waals surface area (Å²) in [7, 11) is -3.38. The molecule has 0 aliphatic heterocycles. The molecule has 2 N–H and O–H groups in total. The second kappa shape index (κ2) is 8.04. The molecule has 1 rings (SSSR count). The summed E-state index contributed by atoms with van der Waals surface area (Å²) in [6.07, 6.45) is 0.